The summed E-state index contributed by atoms with van der Waals surface area (Å²) < 4.78 is 0.740. The highest BCUT2D eigenvalue weighted by Crippen LogP contribution is 2.31. The fraction of sp³-hybridized carbons (Fsp3) is 0.188. The molecule has 0 aliphatic carbocycles. The fourth-order valence-electron chi connectivity index (χ4n) is 2.50. The third-order valence-electron chi connectivity index (χ3n) is 3.63. The molecule has 1 aliphatic rings. The zero-order chi connectivity index (χ0) is 15.0. The molecule has 1 atom stereocenters. The van der Waals surface area contributed by atoms with Gasteiger partial charge in [-0.15, -0.1) is 0 Å². The first-order chi connectivity index (χ1) is 10.1. The Morgan fingerprint density at radius 3 is 2.81 bits per heavy atom. The van der Waals surface area contributed by atoms with E-state index in [4.69, 9.17) is 11.6 Å². The molecule has 1 aliphatic heterocycles. The zero-order valence-corrected chi connectivity index (χ0v) is 13.4. The number of fused-ring (bicyclic) bond motifs is 1. The number of carbonyl (C=O) groups excluding carboxylic acids is 1. The van der Waals surface area contributed by atoms with Crippen LogP contribution in [-0.2, 0) is 6.42 Å². The van der Waals surface area contributed by atoms with Crippen LogP contribution < -0.4 is 5.32 Å². The molecule has 2 aromatic carbocycles. The molecule has 0 radical (unpaired) electrons. The number of carbonyl (C=O) groups is 1. The Morgan fingerprint density at radius 1 is 1.24 bits per heavy atom. The van der Waals surface area contributed by atoms with E-state index in [2.05, 4.69) is 21.2 Å². The van der Waals surface area contributed by atoms with Gasteiger partial charge in [0.15, 0.2) is 0 Å². The average Bonchev–Trinajstić information content (AvgIpc) is 2.47. The zero-order valence-electron chi connectivity index (χ0n) is 11.1. The highest BCUT2D eigenvalue weighted by molar-refractivity contribution is 9.10. The van der Waals surface area contributed by atoms with E-state index in [1.54, 1.807) is 24.3 Å². The predicted molar refractivity (Wildman–Crippen MR) is 85.7 cm³/mol. The second kappa shape index (κ2) is 5.79. The summed E-state index contributed by atoms with van der Waals surface area (Å²) >= 11 is 9.33. The maximum Gasteiger partial charge on any atom is 0.251 e. The number of halogens is 2. The molecule has 5 heteroatoms. The molecule has 1 unspecified atom stereocenters. The van der Waals surface area contributed by atoms with Crippen molar-refractivity contribution in [2.45, 2.75) is 12.5 Å². The lowest BCUT2D eigenvalue weighted by Gasteiger charge is -2.19. The molecule has 2 N–H and O–H groups in total. The number of hydrogen-bond acceptors (Lipinski definition) is 2. The third kappa shape index (κ3) is 2.84. The molecule has 2 aromatic rings. The lowest BCUT2D eigenvalue weighted by atomic mass is 9.94. The molecule has 0 saturated carbocycles. The van der Waals surface area contributed by atoms with Crippen LogP contribution in [0.4, 0.5) is 0 Å². The summed E-state index contributed by atoms with van der Waals surface area (Å²) in [6, 6.07) is 10.8. The van der Waals surface area contributed by atoms with Crippen molar-refractivity contribution >= 4 is 33.4 Å². The number of amides is 1. The molecule has 3 nitrogen and oxygen atoms in total. The van der Waals surface area contributed by atoms with Gasteiger partial charge in [-0.2, -0.15) is 0 Å². The number of rotatable bonds is 2. The minimum Gasteiger partial charge on any atom is -0.384 e. The lowest BCUT2D eigenvalue weighted by Crippen LogP contribution is -2.31. The van der Waals surface area contributed by atoms with Crippen LogP contribution >= 0.6 is 27.5 Å². The van der Waals surface area contributed by atoms with Gasteiger partial charge < -0.3 is 10.4 Å². The van der Waals surface area contributed by atoms with Gasteiger partial charge in [0.2, 0.25) is 0 Å². The first-order valence-corrected chi connectivity index (χ1v) is 7.77. The molecule has 3 rings (SSSR count). The molecular formula is C16H13BrClNO2. The third-order valence-corrected chi connectivity index (χ3v) is 4.55. The summed E-state index contributed by atoms with van der Waals surface area (Å²) in [7, 11) is 0. The van der Waals surface area contributed by atoms with E-state index in [0.29, 0.717) is 22.7 Å². The molecule has 1 heterocycles. The van der Waals surface area contributed by atoms with Crippen LogP contribution in [-0.4, -0.2) is 17.6 Å². The van der Waals surface area contributed by atoms with Gasteiger partial charge in [0, 0.05) is 21.6 Å². The van der Waals surface area contributed by atoms with E-state index < -0.39 is 6.10 Å². The quantitative estimate of drug-likeness (QED) is 0.855. The fourth-order valence-corrected chi connectivity index (χ4v) is 3.40. The molecule has 1 amide bonds. The summed E-state index contributed by atoms with van der Waals surface area (Å²) in [5.74, 6) is -0.0829. The smallest absolute Gasteiger partial charge is 0.251 e. The molecular weight excluding hydrogens is 354 g/mol. The monoisotopic (exact) mass is 365 g/mol. The van der Waals surface area contributed by atoms with Gasteiger partial charge in [0.25, 0.3) is 5.91 Å². The molecule has 0 bridgehead atoms. The van der Waals surface area contributed by atoms with E-state index >= 15 is 0 Å². The maximum atomic E-state index is 11.9. The molecule has 21 heavy (non-hydrogen) atoms. The minimum absolute atomic E-state index is 0.0829. The molecule has 0 spiro atoms. The van der Waals surface area contributed by atoms with Gasteiger partial charge >= 0.3 is 0 Å². The second-order valence-electron chi connectivity index (χ2n) is 4.99. The van der Waals surface area contributed by atoms with Crippen molar-refractivity contribution < 1.29 is 9.90 Å². The second-order valence-corrected chi connectivity index (χ2v) is 6.28. The Bertz CT molecular complexity index is 717. The van der Waals surface area contributed by atoms with E-state index in [1.165, 1.54) is 0 Å². The highest BCUT2D eigenvalue weighted by Gasteiger charge is 2.20. The molecule has 108 valence electrons. The van der Waals surface area contributed by atoms with Gasteiger partial charge in [-0.1, -0.05) is 45.7 Å². The standard InChI is InChI=1S/C16H13BrClNO2/c17-14-8-11(18)3-4-12(14)15(20)10-2-1-9-5-6-19-16(21)13(9)7-10/h1-4,7-8,15,20H,5-6H2,(H,19,21). The largest absolute Gasteiger partial charge is 0.384 e. The van der Waals surface area contributed by atoms with Crippen LogP contribution in [0, 0.1) is 0 Å². The van der Waals surface area contributed by atoms with E-state index in [-0.39, 0.29) is 5.91 Å². The molecule has 0 aromatic heterocycles. The first-order valence-electron chi connectivity index (χ1n) is 6.60. The SMILES string of the molecule is O=C1NCCc2ccc(C(O)c3ccc(Cl)cc3Br)cc21. The number of hydrogen-bond donors (Lipinski definition) is 2. The Kier molecular flexibility index (Phi) is 4.02. The van der Waals surface area contributed by atoms with Crippen molar-refractivity contribution in [2.24, 2.45) is 0 Å². The summed E-state index contributed by atoms with van der Waals surface area (Å²) in [6.07, 6.45) is 0.0129. The predicted octanol–water partition coefficient (Wildman–Crippen LogP) is 3.47. The average molecular weight is 367 g/mol. The van der Waals surface area contributed by atoms with Gasteiger partial charge in [0.05, 0.1) is 0 Å². The van der Waals surface area contributed by atoms with Crippen LogP contribution in [0.2, 0.25) is 5.02 Å². The normalized spacial score (nSPS) is 15.3. The summed E-state index contributed by atoms with van der Waals surface area (Å²) in [5.41, 5.74) is 3.07. The van der Waals surface area contributed by atoms with E-state index in [0.717, 1.165) is 22.0 Å². The van der Waals surface area contributed by atoms with Gasteiger partial charge in [-0.3, -0.25) is 4.79 Å². The van der Waals surface area contributed by atoms with Crippen molar-refractivity contribution in [3.63, 3.8) is 0 Å². The van der Waals surface area contributed by atoms with Crippen LogP contribution in [0.25, 0.3) is 0 Å². The summed E-state index contributed by atoms with van der Waals surface area (Å²) in [4.78, 5) is 11.9. The van der Waals surface area contributed by atoms with Crippen molar-refractivity contribution in [1.29, 1.82) is 0 Å². The Morgan fingerprint density at radius 2 is 2.05 bits per heavy atom. The number of nitrogens with one attached hydrogen (secondary N) is 1. The van der Waals surface area contributed by atoms with Gasteiger partial charge in [-0.05, 0) is 41.3 Å². The highest BCUT2D eigenvalue weighted by atomic mass is 79.9. The van der Waals surface area contributed by atoms with Crippen molar-refractivity contribution in [2.75, 3.05) is 6.54 Å². The van der Waals surface area contributed by atoms with Gasteiger partial charge in [-0.25, -0.2) is 0 Å². The van der Waals surface area contributed by atoms with Gasteiger partial charge in [0.1, 0.15) is 6.10 Å². The minimum atomic E-state index is -0.809. The number of aliphatic hydroxyl groups excluding tert-OH is 1. The Labute approximate surface area is 136 Å². The van der Waals surface area contributed by atoms with Crippen LogP contribution in [0.1, 0.15) is 33.2 Å². The topological polar surface area (TPSA) is 49.3 Å². The van der Waals surface area contributed by atoms with Crippen molar-refractivity contribution in [3.8, 4) is 0 Å². The maximum absolute atomic E-state index is 11.9. The van der Waals surface area contributed by atoms with Crippen LogP contribution in [0.5, 0.6) is 0 Å². The van der Waals surface area contributed by atoms with Crippen molar-refractivity contribution in [3.05, 3.63) is 68.1 Å². The number of benzene rings is 2. The van der Waals surface area contributed by atoms with Crippen molar-refractivity contribution in [1.82, 2.24) is 5.32 Å². The van der Waals surface area contributed by atoms with E-state index in [1.807, 2.05) is 12.1 Å². The Hall–Kier alpha value is -1.36. The molecule has 0 fully saturated rings. The number of aliphatic hydroxyl groups is 1. The van der Waals surface area contributed by atoms with Crippen LogP contribution in [0.15, 0.2) is 40.9 Å². The van der Waals surface area contributed by atoms with Crippen LogP contribution in [0.3, 0.4) is 0 Å². The Balaban J connectivity index is 2.00. The molecule has 0 saturated heterocycles. The van der Waals surface area contributed by atoms with E-state index in [9.17, 15) is 9.90 Å². The summed E-state index contributed by atoms with van der Waals surface area (Å²) in [5, 5.41) is 14.0. The first kappa shape index (κ1) is 14.6. The lowest BCUT2D eigenvalue weighted by molar-refractivity contribution is 0.0945. The summed E-state index contributed by atoms with van der Waals surface area (Å²) in [6.45, 7) is 0.663.